The lowest BCUT2D eigenvalue weighted by molar-refractivity contribution is 0.640. The predicted molar refractivity (Wildman–Crippen MR) is 123 cm³/mol. The van der Waals surface area contributed by atoms with E-state index in [4.69, 9.17) is 16.5 Å². The number of dihydropyridines is 1. The molecule has 0 spiro atoms. The van der Waals surface area contributed by atoms with Gasteiger partial charge in [-0.05, 0) is 36.5 Å². The molecule has 4 rings (SSSR count). The molecule has 5 N–H and O–H groups in total. The Balaban J connectivity index is 1.68. The quantitative estimate of drug-likeness (QED) is 0.343. The van der Waals surface area contributed by atoms with Gasteiger partial charge in [-0.2, -0.15) is 0 Å². The first-order chi connectivity index (χ1) is 15.5. The van der Waals surface area contributed by atoms with Crippen LogP contribution in [0, 0.1) is 5.92 Å². The van der Waals surface area contributed by atoms with Crippen LogP contribution in [0.3, 0.4) is 0 Å². The Bertz CT molecular complexity index is 1110. The fourth-order valence-electron chi connectivity index (χ4n) is 3.55. The lowest BCUT2D eigenvalue weighted by Crippen LogP contribution is -2.44. The van der Waals surface area contributed by atoms with Crippen molar-refractivity contribution in [1.82, 2.24) is 10.3 Å². The molecule has 1 fully saturated rings. The maximum atomic E-state index is 13.8. The molecule has 1 atom stereocenters. The van der Waals surface area contributed by atoms with Gasteiger partial charge in [-0.3, -0.25) is 15.0 Å². The zero-order chi connectivity index (χ0) is 22.7. The summed E-state index contributed by atoms with van der Waals surface area (Å²) in [6.07, 6.45) is 6.31. The van der Waals surface area contributed by atoms with E-state index in [1.807, 2.05) is 6.21 Å². The van der Waals surface area contributed by atoms with E-state index in [2.05, 4.69) is 31.9 Å². The number of pyridine rings is 1. The second-order valence-electron chi connectivity index (χ2n) is 7.61. The lowest BCUT2D eigenvalue weighted by atomic mass is 9.93. The molecular formula is C22H24F2N8. The van der Waals surface area contributed by atoms with E-state index >= 15 is 0 Å². The molecule has 3 heterocycles. The lowest BCUT2D eigenvalue weighted by Gasteiger charge is -2.30. The molecule has 1 saturated carbocycles. The van der Waals surface area contributed by atoms with Crippen LogP contribution in [0.5, 0.6) is 0 Å². The molecule has 1 unspecified atom stereocenters. The average Bonchev–Trinajstić information content (AvgIpc) is 3.62. The van der Waals surface area contributed by atoms with Crippen LogP contribution in [-0.4, -0.2) is 54.4 Å². The van der Waals surface area contributed by atoms with Crippen molar-refractivity contribution in [2.24, 2.45) is 37.4 Å². The number of amidine groups is 3. The monoisotopic (exact) mass is 438 g/mol. The van der Waals surface area contributed by atoms with Crippen LogP contribution in [0.2, 0.25) is 0 Å². The van der Waals surface area contributed by atoms with Gasteiger partial charge in [0.05, 0.1) is 13.1 Å². The zero-order valence-corrected chi connectivity index (χ0v) is 17.4. The van der Waals surface area contributed by atoms with Crippen molar-refractivity contribution in [3.05, 3.63) is 59.3 Å². The number of aromatic nitrogens is 1. The number of halogens is 2. The SMILES string of the molecule is C=C(F)C=C(F)C(N)=Nc1cc(C2=NC3CN=CC(C4CC4)=C3C(=NCCN)N2)ccn1. The number of nitrogens with one attached hydrogen (secondary N) is 1. The maximum Gasteiger partial charge on any atom is 0.168 e. The smallest absolute Gasteiger partial charge is 0.168 e. The maximum absolute atomic E-state index is 13.8. The average molecular weight is 438 g/mol. The van der Waals surface area contributed by atoms with E-state index in [-0.39, 0.29) is 11.9 Å². The number of allylic oxidation sites excluding steroid dienone is 3. The number of nitrogens with two attached hydrogens (primary N) is 2. The molecule has 3 aliphatic rings. The van der Waals surface area contributed by atoms with Crippen molar-refractivity contribution >= 4 is 29.5 Å². The van der Waals surface area contributed by atoms with Crippen molar-refractivity contribution < 1.29 is 8.78 Å². The van der Waals surface area contributed by atoms with Crippen LogP contribution in [0.4, 0.5) is 14.6 Å². The number of nitrogens with zero attached hydrogens (tertiary/aromatic N) is 5. The van der Waals surface area contributed by atoms with Gasteiger partial charge in [-0.1, -0.05) is 6.58 Å². The molecular weight excluding hydrogens is 414 g/mol. The summed E-state index contributed by atoms with van der Waals surface area (Å²) in [6.45, 7) is 4.42. The van der Waals surface area contributed by atoms with Crippen molar-refractivity contribution in [1.29, 1.82) is 0 Å². The van der Waals surface area contributed by atoms with E-state index in [0.717, 1.165) is 24.3 Å². The summed E-state index contributed by atoms with van der Waals surface area (Å²) >= 11 is 0. The van der Waals surface area contributed by atoms with E-state index in [1.165, 1.54) is 11.8 Å². The van der Waals surface area contributed by atoms with Crippen LogP contribution in [0.1, 0.15) is 18.4 Å². The molecule has 166 valence electrons. The molecule has 10 heteroatoms. The second kappa shape index (κ2) is 9.31. The topological polar surface area (TPSA) is 126 Å². The van der Waals surface area contributed by atoms with Crippen molar-refractivity contribution in [3.8, 4) is 0 Å². The fourth-order valence-corrected chi connectivity index (χ4v) is 3.55. The molecule has 0 radical (unpaired) electrons. The molecule has 0 aromatic carbocycles. The molecule has 8 nitrogen and oxygen atoms in total. The third-order valence-corrected chi connectivity index (χ3v) is 5.13. The summed E-state index contributed by atoms with van der Waals surface area (Å²) in [7, 11) is 0. The minimum Gasteiger partial charge on any atom is -0.381 e. The molecule has 0 amide bonds. The Morgan fingerprint density at radius 2 is 2.16 bits per heavy atom. The van der Waals surface area contributed by atoms with Crippen LogP contribution in [0.15, 0.2) is 73.8 Å². The Morgan fingerprint density at radius 3 is 2.88 bits per heavy atom. The zero-order valence-electron chi connectivity index (χ0n) is 17.4. The molecule has 1 aliphatic carbocycles. The number of hydrogen-bond donors (Lipinski definition) is 3. The summed E-state index contributed by atoms with van der Waals surface area (Å²) in [6, 6.07) is 3.21. The Kier molecular flexibility index (Phi) is 6.31. The highest BCUT2D eigenvalue weighted by molar-refractivity contribution is 6.19. The van der Waals surface area contributed by atoms with Gasteiger partial charge in [-0.15, -0.1) is 0 Å². The minimum atomic E-state index is -1.03. The molecule has 0 saturated heterocycles. The standard InChI is InChI=1S/C22H24F2N8/c1-12(23)8-16(24)20(26)31-18-9-14(4-6-28-18)21-30-17-11-27-10-15(13-2-3-13)19(17)22(32-21)29-7-5-25/h4,6,8-10,13,17H,1-3,5,7,11,25H2,(H2,26,28,31)(H,29,30,32). The van der Waals surface area contributed by atoms with Crippen molar-refractivity contribution in [2.75, 3.05) is 19.6 Å². The third kappa shape index (κ3) is 4.86. The van der Waals surface area contributed by atoms with E-state index in [9.17, 15) is 8.78 Å². The minimum absolute atomic E-state index is 0.149. The Morgan fingerprint density at radius 1 is 1.34 bits per heavy atom. The van der Waals surface area contributed by atoms with E-state index in [1.54, 1.807) is 12.1 Å². The van der Waals surface area contributed by atoms with Crippen LogP contribution < -0.4 is 16.8 Å². The van der Waals surface area contributed by atoms with Crippen LogP contribution in [-0.2, 0) is 0 Å². The molecule has 1 aromatic rings. The Labute approximate surface area is 184 Å². The largest absolute Gasteiger partial charge is 0.381 e. The fraction of sp³-hybridized carbons (Fsp3) is 0.318. The van der Waals surface area contributed by atoms with Crippen LogP contribution >= 0.6 is 0 Å². The number of hydrogen-bond acceptors (Lipinski definition) is 6. The normalized spacial score (nSPS) is 22.5. The van der Waals surface area contributed by atoms with Gasteiger partial charge >= 0.3 is 0 Å². The van der Waals surface area contributed by atoms with Gasteiger partial charge in [0.1, 0.15) is 23.5 Å². The first kappa shape index (κ1) is 21.7. The second-order valence-corrected chi connectivity index (χ2v) is 7.61. The summed E-state index contributed by atoms with van der Waals surface area (Å²) in [4.78, 5) is 22.0. The first-order valence-corrected chi connectivity index (χ1v) is 10.3. The van der Waals surface area contributed by atoms with Gasteiger partial charge in [0.25, 0.3) is 0 Å². The number of rotatable bonds is 7. The number of aliphatic imine (C=N–C) groups is 4. The van der Waals surface area contributed by atoms with Gasteiger partial charge in [0, 0.05) is 36.2 Å². The first-order valence-electron chi connectivity index (χ1n) is 10.3. The van der Waals surface area contributed by atoms with Gasteiger partial charge in [-0.25, -0.2) is 18.8 Å². The van der Waals surface area contributed by atoms with E-state index in [0.29, 0.717) is 43.0 Å². The van der Waals surface area contributed by atoms with Crippen molar-refractivity contribution in [3.63, 3.8) is 0 Å². The highest BCUT2D eigenvalue weighted by Crippen LogP contribution is 2.40. The molecule has 32 heavy (non-hydrogen) atoms. The highest BCUT2D eigenvalue weighted by atomic mass is 19.1. The van der Waals surface area contributed by atoms with Gasteiger partial charge < -0.3 is 16.8 Å². The summed E-state index contributed by atoms with van der Waals surface area (Å²) in [5.74, 6) is -0.514. The third-order valence-electron chi connectivity index (χ3n) is 5.13. The predicted octanol–water partition coefficient (Wildman–Crippen LogP) is 2.27. The summed E-state index contributed by atoms with van der Waals surface area (Å²) in [5.41, 5.74) is 14.2. The van der Waals surface area contributed by atoms with Crippen LogP contribution in [0.25, 0.3) is 0 Å². The van der Waals surface area contributed by atoms with E-state index < -0.39 is 17.5 Å². The van der Waals surface area contributed by atoms with Gasteiger partial charge in [0.15, 0.2) is 17.5 Å². The Hall–Kier alpha value is -3.53. The van der Waals surface area contributed by atoms with Crippen molar-refractivity contribution in [2.45, 2.75) is 18.9 Å². The molecule has 1 aromatic heterocycles. The molecule has 2 aliphatic heterocycles. The summed E-state index contributed by atoms with van der Waals surface area (Å²) < 4.78 is 26.7. The molecule has 0 bridgehead atoms. The number of fused-ring (bicyclic) bond motifs is 1. The summed E-state index contributed by atoms with van der Waals surface area (Å²) in [5, 5.41) is 3.32. The highest BCUT2D eigenvalue weighted by Gasteiger charge is 2.36. The van der Waals surface area contributed by atoms with Gasteiger partial charge in [0.2, 0.25) is 0 Å².